The first-order chi connectivity index (χ1) is 9.11. The van der Waals surface area contributed by atoms with E-state index in [0.717, 1.165) is 5.75 Å². The van der Waals surface area contributed by atoms with Gasteiger partial charge in [-0.25, -0.2) is 0 Å². The Kier molecular flexibility index (Phi) is 5.53. The van der Waals surface area contributed by atoms with Gasteiger partial charge in [-0.3, -0.25) is 9.59 Å². The van der Waals surface area contributed by atoms with Gasteiger partial charge < -0.3 is 10.2 Å². The molecule has 0 aromatic rings. The highest BCUT2D eigenvalue weighted by atomic mass is 32.2. The van der Waals surface area contributed by atoms with E-state index in [9.17, 15) is 9.59 Å². The van der Waals surface area contributed by atoms with Crippen molar-refractivity contribution in [2.75, 3.05) is 12.0 Å². The quantitative estimate of drug-likeness (QED) is 0.865. The molecule has 0 saturated carbocycles. The third-order valence-corrected chi connectivity index (χ3v) is 4.55. The molecule has 1 N–H and O–H groups in total. The average Bonchev–Trinajstić information content (AvgIpc) is 2.29. The maximum absolute atomic E-state index is 12.9. The second-order valence-corrected chi connectivity index (χ2v) is 7.96. The lowest BCUT2D eigenvalue weighted by atomic mass is 9.82. The molecule has 4 nitrogen and oxygen atoms in total. The van der Waals surface area contributed by atoms with Crippen molar-refractivity contribution >= 4 is 23.6 Å². The molecule has 0 aromatic heterocycles. The SMILES string of the molecule is CSCC(C)N1C(=O)C(C(C)(C)C)NC(=O)C1C(C)C. The fourth-order valence-electron chi connectivity index (χ4n) is 2.73. The summed E-state index contributed by atoms with van der Waals surface area (Å²) in [6.07, 6.45) is 2.02. The average molecular weight is 300 g/mol. The number of nitrogens with zero attached hydrogens (tertiary/aromatic N) is 1. The zero-order valence-electron chi connectivity index (χ0n) is 13.7. The standard InChI is InChI=1S/C15H28N2O2S/c1-9(2)11-13(18)16-12(15(4,5)6)14(19)17(11)10(3)8-20-7/h9-12H,8H2,1-7H3,(H,16,18). The Balaban J connectivity index is 3.14. The van der Waals surface area contributed by atoms with Gasteiger partial charge in [-0.1, -0.05) is 34.6 Å². The first-order valence-corrected chi connectivity index (χ1v) is 8.62. The molecule has 1 heterocycles. The number of nitrogens with one attached hydrogen (secondary N) is 1. The predicted octanol–water partition coefficient (Wildman–Crippen LogP) is 2.14. The van der Waals surface area contributed by atoms with Gasteiger partial charge >= 0.3 is 0 Å². The molecule has 1 saturated heterocycles. The molecule has 0 bridgehead atoms. The molecular formula is C15H28N2O2S. The van der Waals surface area contributed by atoms with Crippen molar-refractivity contribution in [2.24, 2.45) is 11.3 Å². The van der Waals surface area contributed by atoms with Gasteiger partial charge in [-0.15, -0.1) is 0 Å². The normalized spacial score (nSPS) is 25.9. The minimum Gasteiger partial charge on any atom is -0.342 e. The molecule has 5 heteroatoms. The van der Waals surface area contributed by atoms with Crippen molar-refractivity contribution in [3.63, 3.8) is 0 Å². The summed E-state index contributed by atoms with van der Waals surface area (Å²) in [6.45, 7) is 12.0. The molecule has 1 aliphatic heterocycles. The van der Waals surface area contributed by atoms with E-state index in [-0.39, 0.29) is 35.2 Å². The molecule has 1 rings (SSSR count). The Bertz CT molecular complexity index is 377. The van der Waals surface area contributed by atoms with Crippen LogP contribution in [0.15, 0.2) is 0 Å². The van der Waals surface area contributed by atoms with Crippen molar-refractivity contribution in [1.82, 2.24) is 10.2 Å². The molecule has 0 aliphatic carbocycles. The summed E-state index contributed by atoms with van der Waals surface area (Å²) in [6, 6.07) is -0.724. The molecule has 116 valence electrons. The number of amides is 2. The molecule has 1 fully saturated rings. The van der Waals surface area contributed by atoms with E-state index in [4.69, 9.17) is 0 Å². The van der Waals surface area contributed by atoms with Gasteiger partial charge in [0.15, 0.2) is 0 Å². The number of hydrogen-bond donors (Lipinski definition) is 1. The number of thioether (sulfide) groups is 1. The van der Waals surface area contributed by atoms with Gasteiger partial charge in [-0.2, -0.15) is 11.8 Å². The molecule has 20 heavy (non-hydrogen) atoms. The number of piperazine rings is 1. The summed E-state index contributed by atoms with van der Waals surface area (Å²) >= 11 is 1.70. The van der Waals surface area contributed by atoms with Crippen LogP contribution in [0.1, 0.15) is 41.5 Å². The molecule has 3 unspecified atom stereocenters. The van der Waals surface area contributed by atoms with Crippen LogP contribution in [0, 0.1) is 11.3 Å². The summed E-state index contributed by atoms with van der Waals surface area (Å²) < 4.78 is 0. The van der Waals surface area contributed by atoms with Crippen LogP contribution in [-0.2, 0) is 9.59 Å². The van der Waals surface area contributed by atoms with Crippen molar-refractivity contribution in [2.45, 2.75) is 59.7 Å². The molecule has 1 aliphatic rings. The Morgan fingerprint density at radius 1 is 1.25 bits per heavy atom. The maximum atomic E-state index is 12.9. The van der Waals surface area contributed by atoms with Gasteiger partial charge in [0.1, 0.15) is 12.1 Å². The number of hydrogen-bond acceptors (Lipinski definition) is 3. The van der Waals surface area contributed by atoms with Crippen LogP contribution < -0.4 is 5.32 Å². The summed E-state index contributed by atoms with van der Waals surface area (Å²) in [5.41, 5.74) is -0.272. The highest BCUT2D eigenvalue weighted by Gasteiger charge is 2.47. The van der Waals surface area contributed by atoms with Gasteiger partial charge in [0.25, 0.3) is 0 Å². The molecular weight excluding hydrogens is 272 g/mol. The first-order valence-electron chi connectivity index (χ1n) is 7.22. The molecule has 2 amide bonds. The van der Waals surface area contributed by atoms with E-state index in [1.165, 1.54) is 0 Å². The summed E-state index contributed by atoms with van der Waals surface area (Å²) in [7, 11) is 0. The zero-order chi connectivity index (χ0) is 15.7. The Hall–Kier alpha value is -0.710. The molecule has 0 aromatic carbocycles. The number of carbonyl (C=O) groups is 2. The lowest BCUT2D eigenvalue weighted by Crippen LogP contribution is -2.69. The van der Waals surface area contributed by atoms with Crippen molar-refractivity contribution < 1.29 is 9.59 Å². The van der Waals surface area contributed by atoms with Crippen LogP contribution in [0.2, 0.25) is 0 Å². The van der Waals surface area contributed by atoms with E-state index >= 15 is 0 Å². The number of rotatable bonds is 4. The second kappa shape index (κ2) is 6.37. The minimum atomic E-state index is -0.436. The highest BCUT2D eigenvalue weighted by molar-refractivity contribution is 7.98. The third kappa shape index (κ3) is 3.48. The van der Waals surface area contributed by atoms with E-state index in [2.05, 4.69) is 5.32 Å². The lowest BCUT2D eigenvalue weighted by Gasteiger charge is -2.47. The maximum Gasteiger partial charge on any atom is 0.246 e. The fraction of sp³-hybridized carbons (Fsp3) is 0.867. The van der Waals surface area contributed by atoms with Crippen LogP contribution in [0.3, 0.4) is 0 Å². The van der Waals surface area contributed by atoms with Gasteiger partial charge in [-0.05, 0) is 24.5 Å². The van der Waals surface area contributed by atoms with Crippen LogP contribution in [-0.4, -0.2) is 46.8 Å². The van der Waals surface area contributed by atoms with Crippen molar-refractivity contribution in [3.8, 4) is 0 Å². The van der Waals surface area contributed by atoms with Gasteiger partial charge in [0.05, 0.1) is 0 Å². The first kappa shape index (κ1) is 17.3. The van der Waals surface area contributed by atoms with E-state index < -0.39 is 6.04 Å². The van der Waals surface area contributed by atoms with Crippen LogP contribution in [0.5, 0.6) is 0 Å². The second-order valence-electron chi connectivity index (χ2n) is 7.05. The van der Waals surface area contributed by atoms with E-state index in [1.54, 1.807) is 11.8 Å². The zero-order valence-corrected chi connectivity index (χ0v) is 14.5. The minimum absolute atomic E-state index is 0.0209. The van der Waals surface area contributed by atoms with E-state index in [1.807, 2.05) is 52.7 Å². The van der Waals surface area contributed by atoms with E-state index in [0.29, 0.717) is 0 Å². The Morgan fingerprint density at radius 3 is 2.20 bits per heavy atom. The Morgan fingerprint density at radius 2 is 1.80 bits per heavy atom. The molecule has 0 spiro atoms. The topological polar surface area (TPSA) is 49.4 Å². The third-order valence-electron chi connectivity index (χ3n) is 3.74. The molecule has 0 radical (unpaired) electrons. The highest BCUT2D eigenvalue weighted by Crippen LogP contribution is 2.29. The van der Waals surface area contributed by atoms with Crippen LogP contribution >= 0.6 is 11.8 Å². The van der Waals surface area contributed by atoms with Crippen molar-refractivity contribution in [3.05, 3.63) is 0 Å². The largest absolute Gasteiger partial charge is 0.342 e. The summed E-state index contributed by atoms with van der Waals surface area (Å²) in [5, 5.41) is 2.93. The van der Waals surface area contributed by atoms with Crippen molar-refractivity contribution in [1.29, 1.82) is 0 Å². The van der Waals surface area contributed by atoms with Gasteiger partial charge in [0, 0.05) is 11.8 Å². The Labute approximate surface area is 127 Å². The summed E-state index contributed by atoms with van der Waals surface area (Å²) in [5.74, 6) is 0.994. The predicted molar refractivity (Wildman–Crippen MR) is 84.7 cm³/mol. The number of carbonyl (C=O) groups excluding carboxylic acids is 2. The molecule has 3 atom stereocenters. The van der Waals surface area contributed by atoms with Gasteiger partial charge in [0.2, 0.25) is 11.8 Å². The summed E-state index contributed by atoms with van der Waals surface area (Å²) in [4.78, 5) is 27.1. The monoisotopic (exact) mass is 300 g/mol. The van der Waals surface area contributed by atoms with Crippen LogP contribution in [0.25, 0.3) is 0 Å². The van der Waals surface area contributed by atoms with Crippen LogP contribution in [0.4, 0.5) is 0 Å². The smallest absolute Gasteiger partial charge is 0.246 e. The fourth-order valence-corrected chi connectivity index (χ4v) is 3.37. The lowest BCUT2D eigenvalue weighted by molar-refractivity contribution is -0.156.